The van der Waals surface area contributed by atoms with Crippen LogP contribution in [-0.2, 0) is 11.2 Å². The van der Waals surface area contributed by atoms with Crippen LogP contribution in [0.1, 0.15) is 41.9 Å². The third-order valence-electron chi connectivity index (χ3n) is 3.09. The quantitative estimate of drug-likeness (QED) is 0.663. The fourth-order valence-electron chi connectivity index (χ4n) is 2.16. The summed E-state index contributed by atoms with van der Waals surface area (Å²) in [6.45, 7) is 4.37. The zero-order valence-corrected chi connectivity index (χ0v) is 12.2. The number of esters is 1. The molecule has 0 amide bonds. The normalized spacial score (nSPS) is 10.8. The van der Waals surface area contributed by atoms with Crippen molar-refractivity contribution in [3.63, 3.8) is 0 Å². The van der Waals surface area contributed by atoms with Crippen molar-refractivity contribution < 1.29 is 9.53 Å². The lowest BCUT2D eigenvalue weighted by Gasteiger charge is -2.03. The molecule has 1 aromatic heterocycles. The van der Waals surface area contributed by atoms with E-state index in [0.717, 1.165) is 40.6 Å². The van der Waals surface area contributed by atoms with Gasteiger partial charge in [-0.15, -0.1) is 11.3 Å². The first-order chi connectivity index (χ1) is 9.19. The van der Waals surface area contributed by atoms with Crippen LogP contribution >= 0.6 is 11.3 Å². The minimum Gasteiger partial charge on any atom is -0.462 e. The van der Waals surface area contributed by atoms with Crippen LogP contribution in [0.25, 0.3) is 10.1 Å². The first-order valence-electron chi connectivity index (χ1n) is 6.66. The molecule has 0 spiro atoms. The van der Waals surface area contributed by atoms with E-state index in [2.05, 4.69) is 6.92 Å². The number of nitrogens with two attached hydrogens (primary N) is 1. The van der Waals surface area contributed by atoms with Crippen LogP contribution in [0.3, 0.4) is 0 Å². The van der Waals surface area contributed by atoms with Crippen LogP contribution in [0.2, 0.25) is 0 Å². The molecule has 4 heteroatoms. The highest BCUT2D eigenvalue weighted by Crippen LogP contribution is 2.36. The summed E-state index contributed by atoms with van der Waals surface area (Å²) >= 11 is 1.45. The first kappa shape index (κ1) is 13.9. The maximum atomic E-state index is 12.1. The number of unbranched alkanes of at least 4 members (excludes halogenated alkanes) is 1. The van der Waals surface area contributed by atoms with E-state index in [-0.39, 0.29) is 5.97 Å². The summed E-state index contributed by atoms with van der Waals surface area (Å²) in [6.07, 6.45) is 3.06. The van der Waals surface area contributed by atoms with E-state index in [1.54, 1.807) is 0 Å². The molecule has 2 N–H and O–H groups in total. The van der Waals surface area contributed by atoms with Crippen molar-refractivity contribution in [3.05, 3.63) is 28.6 Å². The minimum absolute atomic E-state index is 0.228. The summed E-state index contributed by atoms with van der Waals surface area (Å²) in [5.41, 5.74) is 7.82. The average Bonchev–Trinajstić information content (AvgIpc) is 2.77. The van der Waals surface area contributed by atoms with Gasteiger partial charge in [0.1, 0.15) is 4.88 Å². The molecular formula is C15H19NO2S. The minimum atomic E-state index is -0.228. The first-order valence-corrected chi connectivity index (χ1v) is 7.47. The summed E-state index contributed by atoms with van der Waals surface area (Å²) in [5.74, 6) is -0.228. The zero-order valence-electron chi connectivity index (χ0n) is 11.4. The standard InChI is InChI=1S/C15H19NO2S/c1-3-5-7-11-10-8-6-9-12(16)13(10)19-14(11)15(17)18-4-2/h6,8-9H,3-5,7,16H2,1-2H3. The Kier molecular flexibility index (Phi) is 4.43. The molecule has 0 atom stereocenters. The maximum absolute atomic E-state index is 12.1. The summed E-state index contributed by atoms with van der Waals surface area (Å²) in [5, 5.41) is 1.10. The predicted molar refractivity (Wildman–Crippen MR) is 80.8 cm³/mol. The molecule has 0 saturated heterocycles. The Morgan fingerprint density at radius 2 is 2.16 bits per heavy atom. The van der Waals surface area contributed by atoms with E-state index in [1.165, 1.54) is 11.3 Å². The Morgan fingerprint density at radius 1 is 1.37 bits per heavy atom. The molecule has 0 aliphatic carbocycles. The van der Waals surface area contributed by atoms with Crippen molar-refractivity contribution >= 4 is 33.1 Å². The van der Waals surface area contributed by atoms with Crippen LogP contribution < -0.4 is 5.73 Å². The molecule has 3 nitrogen and oxygen atoms in total. The maximum Gasteiger partial charge on any atom is 0.348 e. The molecule has 0 bridgehead atoms. The number of hydrogen-bond donors (Lipinski definition) is 1. The van der Waals surface area contributed by atoms with Gasteiger partial charge >= 0.3 is 5.97 Å². The number of ether oxygens (including phenoxy) is 1. The lowest BCUT2D eigenvalue weighted by molar-refractivity contribution is 0.0531. The van der Waals surface area contributed by atoms with E-state index in [0.29, 0.717) is 11.5 Å². The third-order valence-corrected chi connectivity index (χ3v) is 4.37. The summed E-state index contributed by atoms with van der Waals surface area (Å²) in [4.78, 5) is 12.8. The van der Waals surface area contributed by atoms with E-state index in [1.807, 2.05) is 25.1 Å². The highest BCUT2D eigenvalue weighted by molar-refractivity contribution is 7.21. The van der Waals surface area contributed by atoms with Gasteiger partial charge in [0.15, 0.2) is 0 Å². The number of nitrogen functional groups attached to an aromatic ring is 1. The van der Waals surface area contributed by atoms with E-state index >= 15 is 0 Å². The van der Waals surface area contributed by atoms with Crippen LogP contribution in [0.15, 0.2) is 18.2 Å². The lowest BCUT2D eigenvalue weighted by Crippen LogP contribution is -2.05. The number of fused-ring (bicyclic) bond motifs is 1. The van der Waals surface area contributed by atoms with E-state index in [9.17, 15) is 4.79 Å². The predicted octanol–water partition coefficient (Wildman–Crippen LogP) is 4.00. The molecule has 1 aromatic carbocycles. The molecule has 0 aliphatic heterocycles. The summed E-state index contributed by atoms with van der Waals surface area (Å²) in [7, 11) is 0. The van der Waals surface area contributed by atoms with Crippen LogP contribution in [0.4, 0.5) is 5.69 Å². The molecular weight excluding hydrogens is 258 g/mol. The van der Waals surface area contributed by atoms with Gasteiger partial charge in [0.25, 0.3) is 0 Å². The van der Waals surface area contributed by atoms with Crippen molar-refractivity contribution in [1.29, 1.82) is 0 Å². The Bertz CT molecular complexity index is 589. The van der Waals surface area contributed by atoms with E-state index in [4.69, 9.17) is 10.5 Å². The molecule has 2 aromatic rings. The van der Waals surface area contributed by atoms with Crippen molar-refractivity contribution in [2.45, 2.75) is 33.1 Å². The van der Waals surface area contributed by atoms with Crippen LogP contribution in [0, 0.1) is 0 Å². The number of aryl methyl sites for hydroxylation is 1. The van der Waals surface area contributed by atoms with Gasteiger partial charge in [-0.2, -0.15) is 0 Å². The molecule has 0 radical (unpaired) electrons. The van der Waals surface area contributed by atoms with Gasteiger partial charge in [-0.1, -0.05) is 25.5 Å². The van der Waals surface area contributed by atoms with Crippen LogP contribution in [-0.4, -0.2) is 12.6 Å². The Balaban J connectivity index is 2.54. The lowest BCUT2D eigenvalue weighted by atomic mass is 10.0. The molecule has 2 rings (SSSR count). The van der Waals surface area contributed by atoms with Crippen molar-refractivity contribution in [1.82, 2.24) is 0 Å². The number of benzene rings is 1. The molecule has 0 saturated carbocycles. The average molecular weight is 277 g/mol. The van der Waals surface area contributed by atoms with E-state index < -0.39 is 0 Å². The second-order valence-electron chi connectivity index (χ2n) is 4.46. The SMILES string of the molecule is CCCCc1c(C(=O)OCC)sc2c(N)cccc12. The van der Waals surface area contributed by atoms with Crippen molar-refractivity contribution in [2.75, 3.05) is 12.3 Å². The number of hydrogen-bond acceptors (Lipinski definition) is 4. The fourth-order valence-corrected chi connectivity index (χ4v) is 3.32. The number of carbonyl (C=O) groups excluding carboxylic acids is 1. The molecule has 1 heterocycles. The number of carbonyl (C=O) groups is 1. The molecule has 0 aliphatic rings. The Morgan fingerprint density at radius 3 is 2.84 bits per heavy atom. The monoisotopic (exact) mass is 277 g/mol. The molecule has 19 heavy (non-hydrogen) atoms. The van der Waals surface area contributed by atoms with Gasteiger partial charge in [0, 0.05) is 5.69 Å². The molecule has 102 valence electrons. The zero-order chi connectivity index (χ0) is 13.8. The Hall–Kier alpha value is -1.55. The van der Waals surface area contributed by atoms with Gasteiger partial charge in [-0.25, -0.2) is 4.79 Å². The number of anilines is 1. The van der Waals surface area contributed by atoms with Crippen molar-refractivity contribution in [2.24, 2.45) is 0 Å². The van der Waals surface area contributed by atoms with Gasteiger partial charge in [-0.05, 0) is 36.8 Å². The second-order valence-corrected chi connectivity index (χ2v) is 5.48. The highest BCUT2D eigenvalue weighted by Gasteiger charge is 2.19. The summed E-state index contributed by atoms with van der Waals surface area (Å²) < 4.78 is 6.15. The topological polar surface area (TPSA) is 52.3 Å². The number of thiophene rings is 1. The largest absolute Gasteiger partial charge is 0.462 e. The molecule has 0 fully saturated rings. The smallest absolute Gasteiger partial charge is 0.348 e. The van der Waals surface area contributed by atoms with Gasteiger partial charge in [0.05, 0.1) is 11.3 Å². The second kappa shape index (κ2) is 6.06. The third kappa shape index (κ3) is 2.73. The highest BCUT2D eigenvalue weighted by atomic mass is 32.1. The Labute approximate surface area is 117 Å². The molecule has 0 unspecified atom stereocenters. The van der Waals surface area contributed by atoms with Crippen molar-refractivity contribution in [3.8, 4) is 0 Å². The van der Waals surface area contributed by atoms with Gasteiger partial charge in [0.2, 0.25) is 0 Å². The van der Waals surface area contributed by atoms with Crippen LogP contribution in [0.5, 0.6) is 0 Å². The van der Waals surface area contributed by atoms with Gasteiger partial charge < -0.3 is 10.5 Å². The fraction of sp³-hybridized carbons (Fsp3) is 0.400. The number of rotatable bonds is 5. The van der Waals surface area contributed by atoms with Gasteiger partial charge in [-0.3, -0.25) is 0 Å². The summed E-state index contributed by atoms with van der Waals surface area (Å²) in [6, 6.07) is 5.85.